The Morgan fingerprint density at radius 1 is 1.42 bits per heavy atom. The molecule has 0 aromatic heterocycles. The van der Waals surface area contributed by atoms with Crippen molar-refractivity contribution in [3.8, 4) is 5.75 Å². The van der Waals surface area contributed by atoms with E-state index in [0.29, 0.717) is 17.7 Å². The van der Waals surface area contributed by atoms with Gasteiger partial charge in [-0.3, -0.25) is 4.79 Å². The van der Waals surface area contributed by atoms with Crippen LogP contribution >= 0.6 is 11.6 Å². The average molecular weight is 353 g/mol. The Morgan fingerprint density at radius 2 is 2.21 bits per heavy atom. The highest BCUT2D eigenvalue weighted by molar-refractivity contribution is 6.20. The maximum absolute atomic E-state index is 12.6. The van der Waals surface area contributed by atoms with Crippen LogP contribution in [0.1, 0.15) is 35.2 Å². The van der Waals surface area contributed by atoms with Gasteiger partial charge in [-0.05, 0) is 25.3 Å². The molecule has 0 spiro atoms. The summed E-state index contributed by atoms with van der Waals surface area (Å²) in [5, 5.41) is 3.15. The van der Waals surface area contributed by atoms with Crippen LogP contribution in [0, 0.1) is 0 Å². The molecule has 3 rings (SSSR count). The smallest absolute Gasteiger partial charge is 0.255 e. The van der Waals surface area contributed by atoms with Crippen LogP contribution in [0.5, 0.6) is 5.75 Å². The number of carbonyl (C=O) groups excluding carboxylic acids is 1. The number of carbonyl (C=O) groups is 1. The predicted octanol–water partition coefficient (Wildman–Crippen LogP) is 2.42. The number of hydrogen-bond donors (Lipinski definition) is 1. The molecule has 0 radical (unpaired) electrons. The average Bonchev–Trinajstić information content (AvgIpc) is 2.96. The number of rotatable bonds is 6. The predicted molar refractivity (Wildman–Crippen MR) is 93.8 cm³/mol. The minimum Gasteiger partial charge on any atom is -0.473 e. The molecule has 1 fully saturated rings. The van der Waals surface area contributed by atoms with E-state index in [1.165, 1.54) is 0 Å². The molecular weight excluding hydrogens is 328 g/mol. The van der Waals surface area contributed by atoms with Crippen molar-refractivity contribution in [1.82, 2.24) is 10.2 Å². The first-order valence-electron chi connectivity index (χ1n) is 8.62. The largest absolute Gasteiger partial charge is 0.473 e. The van der Waals surface area contributed by atoms with Crippen molar-refractivity contribution in [2.24, 2.45) is 0 Å². The van der Waals surface area contributed by atoms with E-state index in [4.69, 9.17) is 21.1 Å². The molecule has 2 aliphatic heterocycles. The van der Waals surface area contributed by atoms with E-state index in [1.807, 2.05) is 18.2 Å². The summed E-state index contributed by atoms with van der Waals surface area (Å²) in [6, 6.07) is 5.89. The Bertz CT molecular complexity index is 573. The van der Waals surface area contributed by atoms with Gasteiger partial charge in [-0.2, -0.15) is 0 Å². The number of methoxy groups -OCH3 is 1. The normalized spacial score (nSPS) is 21.3. The van der Waals surface area contributed by atoms with Gasteiger partial charge in [0, 0.05) is 51.4 Å². The van der Waals surface area contributed by atoms with Crippen molar-refractivity contribution < 1.29 is 14.3 Å². The third-order valence-electron chi connectivity index (χ3n) is 4.71. The van der Waals surface area contributed by atoms with Gasteiger partial charge >= 0.3 is 0 Å². The monoisotopic (exact) mass is 352 g/mol. The van der Waals surface area contributed by atoms with Crippen molar-refractivity contribution >= 4 is 17.5 Å². The minimum absolute atomic E-state index is 0.0598. The number of alkyl halides is 1. The molecule has 1 amide bonds. The third-order valence-corrected chi connectivity index (χ3v) is 4.96. The van der Waals surface area contributed by atoms with Crippen molar-refractivity contribution in [3.63, 3.8) is 0 Å². The Kier molecular flexibility index (Phi) is 5.98. The molecule has 132 valence electrons. The van der Waals surface area contributed by atoms with Gasteiger partial charge in [0.1, 0.15) is 5.75 Å². The quantitative estimate of drug-likeness (QED) is 0.631. The second-order valence-corrected chi connectivity index (χ2v) is 6.95. The zero-order valence-electron chi connectivity index (χ0n) is 14.1. The molecule has 24 heavy (non-hydrogen) atoms. The van der Waals surface area contributed by atoms with Gasteiger partial charge in [-0.15, -0.1) is 0 Å². The number of amides is 1. The molecule has 1 aromatic carbocycles. The highest BCUT2D eigenvalue weighted by Gasteiger charge is 2.27. The highest BCUT2D eigenvalue weighted by atomic mass is 35.5. The van der Waals surface area contributed by atoms with E-state index in [1.54, 1.807) is 7.11 Å². The molecule has 0 saturated carbocycles. The van der Waals surface area contributed by atoms with Crippen LogP contribution in [-0.2, 0) is 11.2 Å². The number of halogens is 1. The van der Waals surface area contributed by atoms with Gasteiger partial charge < -0.3 is 19.7 Å². The number of para-hydroxylation sites is 1. The fraction of sp³-hybridized carbons (Fsp3) is 0.611. The number of hydrogen-bond acceptors (Lipinski definition) is 4. The summed E-state index contributed by atoms with van der Waals surface area (Å²) in [4.78, 5) is 15.0. The number of benzene rings is 1. The van der Waals surface area contributed by atoms with Gasteiger partial charge in [0.2, 0.25) is 0 Å². The minimum atomic E-state index is -0.371. The summed E-state index contributed by atoms with van der Waals surface area (Å²) in [5.74, 6) is 0.586. The molecule has 6 heteroatoms. The second kappa shape index (κ2) is 8.19. The van der Waals surface area contributed by atoms with E-state index in [2.05, 4.69) is 10.2 Å². The first kappa shape index (κ1) is 17.5. The molecule has 5 nitrogen and oxygen atoms in total. The lowest BCUT2D eigenvalue weighted by molar-refractivity contribution is 0.0903. The Hall–Kier alpha value is -1.30. The van der Waals surface area contributed by atoms with Crippen LogP contribution in [0.2, 0.25) is 0 Å². The van der Waals surface area contributed by atoms with Crippen LogP contribution in [0.4, 0.5) is 0 Å². The van der Waals surface area contributed by atoms with Crippen molar-refractivity contribution in [3.05, 3.63) is 29.3 Å². The lowest BCUT2D eigenvalue weighted by atomic mass is 10.0. The molecule has 2 aliphatic rings. The van der Waals surface area contributed by atoms with Gasteiger partial charge in [0.05, 0.1) is 5.56 Å². The van der Waals surface area contributed by atoms with Crippen LogP contribution in [-0.4, -0.2) is 55.8 Å². The first-order valence-corrected chi connectivity index (χ1v) is 9.06. The molecule has 0 bridgehead atoms. The topological polar surface area (TPSA) is 50.8 Å². The van der Waals surface area contributed by atoms with E-state index < -0.39 is 0 Å². The van der Waals surface area contributed by atoms with Gasteiger partial charge in [0.25, 0.3) is 5.91 Å². The van der Waals surface area contributed by atoms with Crippen molar-refractivity contribution in [2.45, 2.75) is 37.3 Å². The lowest BCUT2D eigenvalue weighted by Crippen LogP contribution is -2.45. The summed E-state index contributed by atoms with van der Waals surface area (Å²) in [7, 11) is 1.73. The standard InChI is InChI=1S/C18H25ClN2O3/c1-23-11-3-8-21-9-6-14(7-10-21)20-18(22)15-5-2-4-13-12-16(19)24-17(13)15/h2,4-5,14,16H,3,6-12H2,1H3,(H,20,22). The maximum atomic E-state index is 12.6. The van der Waals surface area contributed by atoms with Crippen LogP contribution < -0.4 is 10.1 Å². The fourth-order valence-electron chi connectivity index (χ4n) is 3.40. The SMILES string of the molecule is COCCCN1CCC(NC(=O)c2cccc3c2OC(Cl)C3)CC1. The third kappa shape index (κ3) is 4.21. The van der Waals surface area contributed by atoms with E-state index >= 15 is 0 Å². The van der Waals surface area contributed by atoms with Gasteiger partial charge in [0.15, 0.2) is 5.56 Å². The number of piperidine rings is 1. The Morgan fingerprint density at radius 3 is 2.96 bits per heavy atom. The number of likely N-dealkylation sites (tertiary alicyclic amines) is 1. The van der Waals surface area contributed by atoms with Crippen molar-refractivity contribution in [2.75, 3.05) is 33.4 Å². The summed E-state index contributed by atoms with van der Waals surface area (Å²) < 4.78 is 10.7. The summed E-state index contributed by atoms with van der Waals surface area (Å²) in [6.45, 7) is 3.90. The molecule has 1 unspecified atom stereocenters. The summed E-state index contributed by atoms with van der Waals surface area (Å²) in [6.07, 6.45) is 3.66. The van der Waals surface area contributed by atoms with E-state index in [0.717, 1.165) is 51.1 Å². The molecule has 0 aliphatic carbocycles. The van der Waals surface area contributed by atoms with E-state index in [-0.39, 0.29) is 17.5 Å². The molecule has 1 atom stereocenters. The second-order valence-electron chi connectivity index (χ2n) is 6.46. The van der Waals surface area contributed by atoms with Crippen LogP contribution in [0.3, 0.4) is 0 Å². The molecule has 2 heterocycles. The number of nitrogens with zero attached hydrogens (tertiary/aromatic N) is 1. The number of nitrogens with one attached hydrogen (secondary N) is 1. The number of fused-ring (bicyclic) bond motifs is 1. The molecule has 1 N–H and O–H groups in total. The Balaban J connectivity index is 1.51. The number of ether oxygens (including phenoxy) is 2. The highest BCUT2D eigenvalue weighted by Crippen LogP contribution is 2.33. The summed E-state index contributed by atoms with van der Waals surface area (Å²) in [5.41, 5.74) is 1.23. The van der Waals surface area contributed by atoms with Gasteiger partial charge in [-0.1, -0.05) is 23.7 Å². The van der Waals surface area contributed by atoms with E-state index in [9.17, 15) is 4.79 Å². The van der Waals surface area contributed by atoms with Crippen LogP contribution in [0.25, 0.3) is 0 Å². The Labute approximate surface area is 148 Å². The van der Waals surface area contributed by atoms with Crippen LogP contribution in [0.15, 0.2) is 18.2 Å². The zero-order valence-corrected chi connectivity index (χ0v) is 14.8. The molecular formula is C18H25ClN2O3. The lowest BCUT2D eigenvalue weighted by Gasteiger charge is -2.32. The molecule has 1 saturated heterocycles. The first-order chi connectivity index (χ1) is 11.7. The van der Waals surface area contributed by atoms with Crippen molar-refractivity contribution in [1.29, 1.82) is 0 Å². The zero-order chi connectivity index (χ0) is 16.9. The maximum Gasteiger partial charge on any atom is 0.255 e. The molecule has 1 aromatic rings. The van der Waals surface area contributed by atoms with Gasteiger partial charge in [-0.25, -0.2) is 0 Å². The summed E-state index contributed by atoms with van der Waals surface area (Å²) >= 11 is 6.05. The fourth-order valence-corrected chi connectivity index (χ4v) is 3.66.